The minimum atomic E-state index is 0.226. The van der Waals surface area contributed by atoms with Gasteiger partial charge in [0.2, 0.25) is 6.08 Å². The molecule has 3 heteroatoms. The summed E-state index contributed by atoms with van der Waals surface area (Å²) in [6.45, 7) is 0. The number of isocyanates is 1. The first-order valence-electron chi connectivity index (χ1n) is 4.47. The average molecular weight is 168 g/mol. The van der Waals surface area contributed by atoms with Gasteiger partial charge in [-0.3, -0.25) is 0 Å². The number of rotatable bonds is 2. The van der Waals surface area contributed by atoms with Crippen molar-refractivity contribution in [2.75, 3.05) is 14.1 Å². The number of carbonyl (C=O) groups excluding carboxylic acids is 1. The molecule has 0 saturated heterocycles. The van der Waals surface area contributed by atoms with Crippen LogP contribution in [0.15, 0.2) is 4.99 Å². The SMILES string of the molecule is CN(C)C1CCCC(N=C=O)C1. The van der Waals surface area contributed by atoms with Gasteiger partial charge in [0.1, 0.15) is 0 Å². The lowest BCUT2D eigenvalue weighted by atomic mass is 9.91. The molecule has 0 aliphatic heterocycles. The lowest BCUT2D eigenvalue weighted by molar-refractivity contribution is 0.214. The fourth-order valence-electron chi connectivity index (χ4n) is 1.80. The van der Waals surface area contributed by atoms with Crippen molar-refractivity contribution in [3.63, 3.8) is 0 Å². The van der Waals surface area contributed by atoms with E-state index in [4.69, 9.17) is 0 Å². The van der Waals surface area contributed by atoms with E-state index in [2.05, 4.69) is 24.0 Å². The zero-order chi connectivity index (χ0) is 8.97. The van der Waals surface area contributed by atoms with E-state index in [-0.39, 0.29) is 6.04 Å². The van der Waals surface area contributed by atoms with Crippen molar-refractivity contribution < 1.29 is 4.79 Å². The molecule has 1 aliphatic rings. The number of aliphatic imine (C=N–C) groups is 1. The molecular weight excluding hydrogens is 152 g/mol. The predicted octanol–water partition coefficient (Wildman–Crippen LogP) is 1.20. The number of hydrogen-bond donors (Lipinski definition) is 0. The van der Waals surface area contributed by atoms with Crippen molar-refractivity contribution in [1.29, 1.82) is 0 Å². The quantitative estimate of drug-likeness (QED) is 0.458. The Kier molecular flexibility index (Phi) is 3.45. The summed E-state index contributed by atoms with van der Waals surface area (Å²) in [6.07, 6.45) is 6.14. The van der Waals surface area contributed by atoms with Gasteiger partial charge < -0.3 is 4.90 Å². The molecule has 0 radical (unpaired) electrons. The van der Waals surface area contributed by atoms with E-state index in [9.17, 15) is 4.79 Å². The minimum Gasteiger partial charge on any atom is -0.306 e. The Balaban J connectivity index is 2.45. The van der Waals surface area contributed by atoms with Crippen molar-refractivity contribution >= 4 is 6.08 Å². The summed E-state index contributed by atoms with van der Waals surface area (Å²) in [6, 6.07) is 0.824. The Morgan fingerprint density at radius 3 is 2.75 bits per heavy atom. The zero-order valence-corrected chi connectivity index (χ0v) is 7.79. The second-order valence-corrected chi connectivity index (χ2v) is 3.66. The molecule has 2 unspecified atom stereocenters. The highest BCUT2D eigenvalue weighted by molar-refractivity contribution is 5.33. The molecule has 1 rings (SSSR count). The first-order valence-corrected chi connectivity index (χ1v) is 4.47. The highest BCUT2D eigenvalue weighted by Crippen LogP contribution is 2.23. The molecule has 0 bridgehead atoms. The molecule has 68 valence electrons. The normalized spacial score (nSPS) is 29.9. The Bertz CT molecular complexity index is 185. The van der Waals surface area contributed by atoms with Crippen molar-refractivity contribution in [2.24, 2.45) is 4.99 Å². The average Bonchev–Trinajstić information content (AvgIpc) is 2.05. The van der Waals surface area contributed by atoms with Crippen LogP contribution in [-0.4, -0.2) is 37.2 Å². The maximum Gasteiger partial charge on any atom is 0.235 e. The lowest BCUT2D eigenvalue weighted by Crippen LogP contribution is -2.34. The maximum absolute atomic E-state index is 10.0. The Morgan fingerprint density at radius 2 is 2.17 bits per heavy atom. The fourth-order valence-corrected chi connectivity index (χ4v) is 1.80. The lowest BCUT2D eigenvalue weighted by Gasteiger charge is -2.30. The van der Waals surface area contributed by atoms with Crippen LogP contribution in [0, 0.1) is 0 Å². The summed E-state index contributed by atoms with van der Waals surface area (Å²) in [4.78, 5) is 16.0. The van der Waals surface area contributed by atoms with Gasteiger partial charge in [0, 0.05) is 6.04 Å². The number of hydrogen-bond acceptors (Lipinski definition) is 3. The summed E-state index contributed by atoms with van der Waals surface area (Å²) in [5.41, 5.74) is 0. The standard InChI is InChI=1S/C9H16N2O/c1-11(2)9-5-3-4-8(6-9)10-7-12/h8-9H,3-6H2,1-2H3. The summed E-state index contributed by atoms with van der Waals surface area (Å²) in [7, 11) is 4.16. The third kappa shape index (κ3) is 2.43. The van der Waals surface area contributed by atoms with Crippen LogP contribution >= 0.6 is 0 Å². The Morgan fingerprint density at radius 1 is 1.42 bits per heavy atom. The molecule has 2 atom stereocenters. The zero-order valence-electron chi connectivity index (χ0n) is 7.79. The van der Waals surface area contributed by atoms with E-state index in [0.29, 0.717) is 6.04 Å². The first kappa shape index (κ1) is 9.43. The summed E-state index contributed by atoms with van der Waals surface area (Å²) < 4.78 is 0. The molecule has 0 aromatic heterocycles. The monoisotopic (exact) mass is 168 g/mol. The molecule has 12 heavy (non-hydrogen) atoms. The van der Waals surface area contributed by atoms with Crippen LogP contribution in [0.2, 0.25) is 0 Å². The van der Waals surface area contributed by atoms with Gasteiger partial charge in [-0.2, -0.15) is 0 Å². The molecular formula is C9H16N2O. The molecule has 0 heterocycles. The Labute approximate surface area is 73.5 Å². The van der Waals surface area contributed by atoms with Gasteiger partial charge in [-0.25, -0.2) is 9.79 Å². The van der Waals surface area contributed by atoms with Gasteiger partial charge in [0.15, 0.2) is 0 Å². The van der Waals surface area contributed by atoms with Crippen LogP contribution in [0.25, 0.3) is 0 Å². The van der Waals surface area contributed by atoms with E-state index in [1.165, 1.54) is 12.8 Å². The maximum atomic E-state index is 10.0. The van der Waals surface area contributed by atoms with Gasteiger partial charge in [-0.1, -0.05) is 0 Å². The predicted molar refractivity (Wildman–Crippen MR) is 47.9 cm³/mol. The van der Waals surface area contributed by atoms with E-state index in [1.807, 2.05) is 0 Å². The first-order chi connectivity index (χ1) is 5.74. The summed E-state index contributed by atoms with van der Waals surface area (Å²) in [5.74, 6) is 0. The third-order valence-electron chi connectivity index (χ3n) is 2.58. The van der Waals surface area contributed by atoms with Gasteiger partial charge in [-0.05, 0) is 39.8 Å². The molecule has 0 N–H and O–H groups in total. The Hall–Kier alpha value is -0.660. The van der Waals surface area contributed by atoms with Crippen LogP contribution in [-0.2, 0) is 4.79 Å². The molecule has 0 aromatic rings. The third-order valence-corrected chi connectivity index (χ3v) is 2.58. The topological polar surface area (TPSA) is 32.7 Å². The van der Waals surface area contributed by atoms with Gasteiger partial charge >= 0.3 is 0 Å². The largest absolute Gasteiger partial charge is 0.306 e. The van der Waals surface area contributed by atoms with E-state index >= 15 is 0 Å². The molecule has 3 nitrogen and oxygen atoms in total. The van der Waals surface area contributed by atoms with Crippen LogP contribution in [0.3, 0.4) is 0 Å². The summed E-state index contributed by atoms with van der Waals surface area (Å²) in [5, 5.41) is 0. The highest BCUT2D eigenvalue weighted by Gasteiger charge is 2.22. The van der Waals surface area contributed by atoms with E-state index < -0.39 is 0 Å². The summed E-state index contributed by atoms with van der Waals surface area (Å²) >= 11 is 0. The van der Waals surface area contributed by atoms with Crippen LogP contribution in [0.5, 0.6) is 0 Å². The van der Waals surface area contributed by atoms with Gasteiger partial charge in [-0.15, -0.1) is 0 Å². The highest BCUT2D eigenvalue weighted by atomic mass is 16.1. The minimum absolute atomic E-state index is 0.226. The van der Waals surface area contributed by atoms with E-state index in [1.54, 1.807) is 6.08 Å². The van der Waals surface area contributed by atoms with Crippen LogP contribution in [0.1, 0.15) is 25.7 Å². The second kappa shape index (κ2) is 4.39. The van der Waals surface area contributed by atoms with Crippen LogP contribution < -0.4 is 0 Å². The van der Waals surface area contributed by atoms with Crippen molar-refractivity contribution in [1.82, 2.24) is 4.90 Å². The molecule has 1 saturated carbocycles. The molecule has 0 amide bonds. The second-order valence-electron chi connectivity index (χ2n) is 3.66. The van der Waals surface area contributed by atoms with Crippen molar-refractivity contribution in [3.05, 3.63) is 0 Å². The number of nitrogens with zero attached hydrogens (tertiary/aromatic N) is 2. The van der Waals surface area contributed by atoms with Gasteiger partial charge in [0.05, 0.1) is 6.04 Å². The molecule has 0 spiro atoms. The van der Waals surface area contributed by atoms with Crippen molar-refractivity contribution in [2.45, 2.75) is 37.8 Å². The molecule has 1 fully saturated rings. The smallest absolute Gasteiger partial charge is 0.235 e. The fraction of sp³-hybridized carbons (Fsp3) is 0.889. The van der Waals surface area contributed by atoms with Crippen molar-refractivity contribution in [3.8, 4) is 0 Å². The molecule has 1 aliphatic carbocycles. The van der Waals surface area contributed by atoms with Gasteiger partial charge in [0.25, 0.3) is 0 Å². The molecule has 0 aromatic carbocycles. The van der Waals surface area contributed by atoms with E-state index in [0.717, 1.165) is 12.8 Å². The van der Waals surface area contributed by atoms with Crippen LogP contribution in [0.4, 0.5) is 0 Å².